The van der Waals surface area contributed by atoms with Gasteiger partial charge in [-0.25, -0.2) is 0 Å². The zero-order chi connectivity index (χ0) is 11.5. The summed E-state index contributed by atoms with van der Waals surface area (Å²) >= 11 is 7.26. The van der Waals surface area contributed by atoms with Crippen LogP contribution in [0.5, 0.6) is 0 Å². The summed E-state index contributed by atoms with van der Waals surface area (Å²) in [6.07, 6.45) is 0. The highest BCUT2D eigenvalue weighted by molar-refractivity contribution is 7.83. The van der Waals surface area contributed by atoms with Gasteiger partial charge < -0.3 is 4.52 Å². The molecule has 6 heteroatoms. The Labute approximate surface area is 105 Å². The summed E-state index contributed by atoms with van der Waals surface area (Å²) in [7, 11) is -0.966. The molecule has 0 aliphatic heterocycles. The van der Waals surface area contributed by atoms with Gasteiger partial charge in [0.1, 0.15) is 5.76 Å². The maximum absolute atomic E-state index is 11.8. The second-order valence-electron chi connectivity index (χ2n) is 3.36. The van der Waals surface area contributed by atoms with Crippen LogP contribution in [-0.2, 0) is 22.3 Å². The number of hydrogen-bond donors (Lipinski definition) is 0. The van der Waals surface area contributed by atoms with Crippen LogP contribution in [0, 0.1) is 6.92 Å². The summed E-state index contributed by atoms with van der Waals surface area (Å²) in [6.45, 7) is 1.82. The van der Waals surface area contributed by atoms with Crippen molar-refractivity contribution >= 4 is 33.7 Å². The monoisotopic (exact) mass is 275 g/mol. The van der Waals surface area contributed by atoms with Gasteiger partial charge in [0, 0.05) is 21.7 Å². The average Bonchev–Trinajstić information content (AvgIpc) is 2.76. The van der Waals surface area contributed by atoms with Gasteiger partial charge in [-0.3, -0.25) is 4.21 Å². The van der Waals surface area contributed by atoms with Crippen molar-refractivity contribution in [1.82, 2.24) is 5.16 Å². The Kier molecular flexibility index (Phi) is 3.78. The molecular weight excluding hydrogens is 266 g/mol. The molecule has 0 spiro atoms. The Bertz CT molecular complexity index is 462. The number of halogens is 1. The van der Waals surface area contributed by atoms with E-state index in [9.17, 15) is 4.21 Å². The van der Waals surface area contributed by atoms with Gasteiger partial charge in [-0.2, -0.15) is 0 Å². The lowest BCUT2D eigenvalue weighted by molar-refractivity contribution is 0.392. The fourth-order valence-corrected chi connectivity index (χ4v) is 3.78. The van der Waals surface area contributed by atoms with Crippen molar-refractivity contribution in [2.75, 3.05) is 0 Å². The Balaban J connectivity index is 1.94. The molecule has 0 amide bonds. The van der Waals surface area contributed by atoms with E-state index in [-0.39, 0.29) is 0 Å². The van der Waals surface area contributed by atoms with Gasteiger partial charge in [0.15, 0.2) is 0 Å². The molecule has 3 nitrogen and oxygen atoms in total. The lowest BCUT2D eigenvalue weighted by Gasteiger charge is -1.96. The second kappa shape index (κ2) is 5.12. The molecule has 0 aliphatic rings. The van der Waals surface area contributed by atoms with E-state index >= 15 is 0 Å². The van der Waals surface area contributed by atoms with E-state index in [2.05, 4.69) is 5.16 Å². The molecule has 0 bridgehead atoms. The number of aromatic nitrogens is 1. The van der Waals surface area contributed by atoms with Crippen LogP contribution in [0.3, 0.4) is 0 Å². The van der Waals surface area contributed by atoms with Crippen LogP contribution in [-0.4, -0.2) is 9.37 Å². The number of hydrogen-bond acceptors (Lipinski definition) is 4. The normalized spacial score (nSPS) is 12.9. The zero-order valence-corrected chi connectivity index (χ0v) is 11.0. The van der Waals surface area contributed by atoms with Crippen molar-refractivity contribution in [3.8, 4) is 0 Å². The summed E-state index contributed by atoms with van der Waals surface area (Å²) in [6, 6.07) is 5.53. The molecule has 0 aliphatic carbocycles. The van der Waals surface area contributed by atoms with E-state index in [0.717, 1.165) is 20.7 Å². The van der Waals surface area contributed by atoms with Crippen LogP contribution in [0.1, 0.15) is 16.3 Å². The van der Waals surface area contributed by atoms with Gasteiger partial charge in [-0.15, -0.1) is 11.3 Å². The summed E-state index contributed by atoms with van der Waals surface area (Å²) in [5, 5.41) is 3.81. The SMILES string of the molecule is Cc1cc(C[S@@](=O)Cc2ccc(Cl)s2)no1. The highest BCUT2D eigenvalue weighted by Gasteiger charge is 2.08. The fourth-order valence-electron chi connectivity index (χ4n) is 1.29. The first-order chi connectivity index (χ1) is 7.63. The van der Waals surface area contributed by atoms with E-state index < -0.39 is 10.8 Å². The molecule has 2 aromatic rings. The zero-order valence-electron chi connectivity index (χ0n) is 8.60. The average molecular weight is 276 g/mol. The lowest BCUT2D eigenvalue weighted by Crippen LogP contribution is -1.98. The molecule has 0 N–H and O–H groups in total. The van der Waals surface area contributed by atoms with Gasteiger partial charge in [-0.05, 0) is 19.1 Å². The van der Waals surface area contributed by atoms with Gasteiger partial charge in [-0.1, -0.05) is 16.8 Å². The topological polar surface area (TPSA) is 43.1 Å². The number of aryl methyl sites for hydroxylation is 1. The first kappa shape index (κ1) is 11.8. The van der Waals surface area contributed by atoms with E-state index in [1.54, 1.807) is 6.07 Å². The third-order valence-corrected chi connectivity index (χ3v) is 4.58. The molecule has 0 fully saturated rings. The third-order valence-electron chi connectivity index (χ3n) is 1.92. The Morgan fingerprint density at radius 3 is 2.88 bits per heavy atom. The summed E-state index contributed by atoms with van der Waals surface area (Å²) in [5.41, 5.74) is 0.735. The van der Waals surface area contributed by atoms with Crippen molar-refractivity contribution in [2.24, 2.45) is 0 Å². The minimum Gasteiger partial charge on any atom is -0.361 e. The highest BCUT2D eigenvalue weighted by atomic mass is 35.5. The third kappa shape index (κ3) is 3.17. The van der Waals surface area contributed by atoms with Gasteiger partial charge in [0.25, 0.3) is 0 Å². The van der Waals surface area contributed by atoms with Crippen LogP contribution in [0.4, 0.5) is 0 Å². The fraction of sp³-hybridized carbons (Fsp3) is 0.300. The minimum atomic E-state index is -0.966. The molecule has 0 aromatic carbocycles. The van der Waals surface area contributed by atoms with Crippen LogP contribution in [0.2, 0.25) is 4.34 Å². The molecule has 0 unspecified atom stereocenters. The van der Waals surface area contributed by atoms with Crippen LogP contribution in [0.25, 0.3) is 0 Å². The van der Waals surface area contributed by atoms with Gasteiger partial charge in [0.05, 0.1) is 21.5 Å². The first-order valence-electron chi connectivity index (χ1n) is 4.65. The summed E-state index contributed by atoms with van der Waals surface area (Å²) < 4.78 is 17.4. The van der Waals surface area contributed by atoms with E-state index in [0.29, 0.717) is 11.5 Å². The van der Waals surface area contributed by atoms with Crippen molar-refractivity contribution in [1.29, 1.82) is 0 Å². The van der Waals surface area contributed by atoms with Crippen molar-refractivity contribution in [2.45, 2.75) is 18.4 Å². The number of thiophene rings is 1. The Hall–Kier alpha value is -0.650. The number of rotatable bonds is 4. The molecule has 16 heavy (non-hydrogen) atoms. The molecule has 2 heterocycles. The van der Waals surface area contributed by atoms with Crippen molar-refractivity contribution in [3.63, 3.8) is 0 Å². The summed E-state index contributed by atoms with van der Waals surface area (Å²) in [5.74, 6) is 1.68. The predicted molar refractivity (Wildman–Crippen MR) is 66.1 cm³/mol. The summed E-state index contributed by atoms with van der Waals surface area (Å²) in [4.78, 5) is 1.03. The van der Waals surface area contributed by atoms with Gasteiger partial charge >= 0.3 is 0 Å². The second-order valence-corrected chi connectivity index (χ2v) is 6.62. The molecular formula is C10H10ClNO2S2. The minimum absolute atomic E-state index is 0.423. The molecule has 0 saturated heterocycles. The predicted octanol–water partition coefficient (Wildman–Crippen LogP) is 3.15. The maximum atomic E-state index is 11.8. The lowest BCUT2D eigenvalue weighted by atomic mass is 10.4. The van der Waals surface area contributed by atoms with Crippen LogP contribution < -0.4 is 0 Å². The largest absolute Gasteiger partial charge is 0.361 e. The Morgan fingerprint density at radius 1 is 1.50 bits per heavy atom. The maximum Gasteiger partial charge on any atom is 0.133 e. The smallest absolute Gasteiger partial charge is 0.133 e. The molecule has 0 saturated carbocycles. The Morgan fingerprint density at radius 2 is 2.31 bits per heavy atom. The highest BCUT2D eigenvalue weighted by Crippen LogP contribution is 2.23. The molecule has 2 rings (SSSR count). The van der Waals surface area contributed by atoms with Crippen LogP contribution >= 0.6 is 22.9 Å². The van der Waals surface area contributed by atoms with Crippen molar-refractivity contribution in [3.05, 3.63) is 38.9 Å². The quantitative estimate of drug-likeness (QED) is 0.861. The first-order valence-corrected chi connectivity index (χ1v) is 7.33. The van der Waals surface area contributed by atoms with Crippen LogP contribution in [0.15, 0.2) is 22.7 Å². The van der Waals surface area contributed by atoms with E-state index in [4.69, 9.17) is 16.1 Å². The van der Waals surface area contributed by atoms with Gasteiger partial charge in [0.2, 0.25) is 0 Å². The van der Waals surface area contributed by atoms with Crippen molar-refractivity contribution < 1.29 is 8.73 Å². The number of nitrogens with zero attached hydrogens (tertiary/aromatic N) is 1. The standard InChI is InChI=1S/C10H10ClNO2S2/c1-7-4-8(12-14-7)5-16(13)6-9-2-3-10(11)15-9/h2-4H,5-6H2,1H3/t16-/m1/s1. The molecule has 0 radical (unpaired) electrons. The molecule has 1 atom stereocenters. The van der Waals surface area contributed by atoms with E-state index in [1.807, 2.05) is 19.1 Å². The van der Waals surface area contributed by atoms with E-state index in [1.165, 1.54) is 11.3 Å². The molecule has 86 valence electrons. The molecule has 2 aromatic heterocycles.